The first-order chi connectivity index (χ1) is 18.0. The van der Waals surface area contributed by atoms with Gasteiger partial charge in [0.05, 0.1) is 23.1 Å². The molecule has 6 N–H and O–H groups in total. The van der Waals surface area contributed by atoms with Crippen molar-refractivity contribution in [3.05, 3.63) is 51.5 Å². The maximum Gasteiger partial charge on any atom is 0.305 e. The number of nitrogens with two attached hydrogens (primary N) is 1. The van der Waals surface area contributed by atoms with E-state index in [9.17, 15) is 34.8 Å². The number of amides is 1. The Morgan fingerprint density at radius 1 is 1.18 bits per heavy atom. The molecule has 0 aliphatic heterocycles. The molecule has 10 heteroatoms. The lowest BCUT2D eigenvalue weighted by Gasteiger charge is -2.55. The fraction of sp³-hybridized carbons (Fsp3) is 0.552. The largest absolute Gasteiger partial charge is 0.510 e. The predicted molar refractivity (Wildman–Crippen MR) is 142 cm³/mol. The van der Waals surface area contributed by atoms with Gasteiger partial charge in [0, 0.05) is 29.9 Å². The average Bonchev–Trinajstić information content (AvgIpc) is 2.83. The number of carbonyl (C=O) groups is 3. The van der Waals surface area contributed by atoms with Crippen LogP contribution in [0.1, 0.15) is 74.9 Å². The zero-order chi connectivity index (χ0) is 29.4. The van der Waals surface area contributed by atoms with Crippen LogP contribution in [0.4, 0.5) is 0 Å². The van der Waals surface area contributed by atoms with Gasteiger partial charge in [0.25, 0.3) is 0 Å². The Morgan fingerprint density at radius 3 is 2.31 bits per heavy atom. The van der Waals surface area contributed by atoms with Crippen LogP contribution in [-0.2, 0) is 19.7 Å². The van der Waals surface area contributed by atoms with Gasteiger partial charge >= 0.3 is 5.97 Å². The highest BCUT2D eigenvalue weighted by atomic mass is 16.5. The standard InChI is InChI=1S/C29H38N2O8/c1-8-16(32)39-25-17-12(2)13-9-10-15(28(3,4)5)23(34)18(13)24(35)19(17)26(36)29(38)11-14(27(30)37)22(33)21(20(25)29)31(6)7/h9-10,12,17,20-21,25,33-34,36,38H,8,11H2,1-7H3,(H2,30,37). The van der Waals surface area contributed by atoms with E-state index in [2.05, 4.69) is 0 Å². The molecule has 10 nitrogen and oxygen atoms in total. The first-order valence-electron chi connectivity index (χ1n) is 13.1. The van der Waals surface area contributed by atoms with E-state index in [0.717, 1.165) is 0 Å². The number of carbonyl (C=O) groups excluding carboxylic acids is 3. The molecule has 1 amide bonds. The van der Waals surface area contributed by atoms with Crippen LogP contribution in [0.15, 0.2) is 34.8 Å². The van der Waals surface area contributed by atoms with Crippen molar-refractivity contribution in [2.45, 2.75) is 76.5 Å². The molecule has 0 spiro atoms. The third kappa shape index (κ3) is 4.12. The highest BCUT2D eigenvalue weighted by molar-refractivity contribution is 6.14. The van der Waals surface area contributed by atoms with Crippen LogP contribution in [0.3, 0.4) is 0 Å². The van der Waals surface area contributed by atoms with E-state index in [-0.39, 0.29) is 28.9 Å². The second kappa shape index (κ2) is 9.38. The summed E-state index contributed by atoms with van der Waals surface area (Å²) < 4.78 is 5.92. The van der Waals surface area contributed by atoms with Gasteiger partial charge in [0.2, 0.25) is 5.91 Å². The molecule has 212 valence electrons. The molecule has 3 aliphatic rings. The number of phenols is 1. The fourth-order valence-corrected chi connectivity index (χ4v) is 6.67. The Labute approximate surface area is 227 Å². The smallest absolute Gasteiger partial charge is 0.305 e. The molecular weight excluding hydrogens is 504 g/mol. The molecule has 6 atom stereocenters. The number of ether oxygens (including phenoxy) is 1. The van der Waals surface area contributed by atoms with E-state index in [1.54, 1.807) is 45.0 Å². The minimum absolute atomic E-state index is 0.00896. The number of aliphatic hydroxyl groups is 3. The number of ketones is 1. The van der Waals surface area contributed by atoms with Gasteiger partial charge in [-0.05, 0) is 31.0 Å². The molecule has 3 aliphatic carbocycles. The fourth-order valence-electron chi connectivity index (χ4n) is 6.67. The van der Waals surface area contributed by atoms with Gasteiger partial charge in [-0.15, -0.1) is 0 Å². The molecule has 0 radical (unpaired) electrons. The highest BCUT2D eigenvalue weighted by Gasteiger charge is 2.64. The summed E-state index contributed by atoms with van der Waals surface area (Å²) in [7, 11) is 3.22. The van der Waals surface area contributed by atoms with Crippen molar-refractivity contribution >= 4 is 17.7 Å². The molecule has 0 aromatic heterocycles. The predicted octanol–water partition coefficient (Wildman–Crippen LogP) is 2.73. The summed E-state index contributed by atoms with van der Waals surface area (Å²) in [5, 5.41) is 46.2. The van der Waals surface area contributed by atoms with E-state index in [4.69, 9.17) is 10.5 Å². The van der Waals surface area contributed by atoms with E-state index in [1.165, 1.54) is 0 Å². The Balaban J connectivity index is 2.06. The number of aliphatic hydroxyl groups excluding tert-OH is 2. The van der Waals surface area contributed by atoms with Crippen LogP contribution in [0.5, 0.6) is 5.75 Å². The number of fused-ring (bicyclic) bond motifs is 3. The molecule has 6 unspecified atom stereocenters. The van der Waals surface area contributed by atoms with E-state index < -0.39 is 76.5 Å². The number of phenolic OH excluding ortho intramolecular Hbond substituents is 1. The third-order valence-corrected chi connectivity index (χ3v) is 8.56. The molecule has 0 bridgehead atoms. The highest BCUT2D eigenvalue weighted by Crippen LogP contribution is 2.57. The van der Waals surface area contributed by atoms with Crippen molar-refractivity contribution in [1.29, 1.82) is 0 Å². The minimum Gasteiger partial charge on any atom is -0.510 e. The first kappa shape index (κ1) is 28.6. The van der Waals surface area contributed by atoms with Crippen molar-refractivity contribution in [1.82, 2.24) is 4.90 Å². The van der Waals surface area contributed by atoms with Crippen LogP contribution >= 0.6 is 0 Å². The Bertz CT molecular complexity index is 1320. The maximum atomic E-state index is 14.1. The second-order valence-corrected chi connectivity index (χ2v) is 12.2. The lowest BCUT2D eigenvalue weighted by Crippen LogP contribution is -2.65. The second-order valence-electron chi connectivity index (χ2n) is 12.2. The van der Waals surface area contributed by atoms with Crippen molar-refractivity contribution in [3.63, 3.8) is 0 Å². The van der Waals surface area contributed by atoms with Crippen molar-refractivity contribution in [2.75, 3.05) is 14.1 Å². The van der Waals surface area contributed by atoms with Crippen LogP contribution in [0.25, 0.3) is 0 Å². The number of hydrogen-bond acceptors (Lipinski definition) is 9. The van der Waals surface area contributed by atoms with Crippen LogP contribution in [0, 0.1) is 11.8 Å². The number of likely N-dealkylation sites (N-methyl/N-ethyl adjacent to an activating group) is 1. The molecular formula is C29H38N2O8. The number of Topliss-reactive ketones (excluding diaryl/α,β-unsaturated/α-hetero) is 1. The maximum absolute atomic E-state index is 14.1. The number of rotatable bonds is 4. The quantitative estimate of drug-likeness (QED) is 0.359. The summed E-state index contributed by atoms with van der Waals surface area (Å²) in [5.74, 6) is -6.16. The van der Waals surface area contributed by atoms with Crippen LogP contribution < -0.4 is 5.73 Å². The molecule has 0 fully saturated rings. The van der Waals surface area contributed by atoms with E-state index in [1.807, 2.05) is 20.8 Å². The average molecular weight is 543 g/mol. The molecule has 1 aromatic rings. The van der Waals surface area contributed by atoms with Crippen LogP contribution in [0.2, 0.25) is 0 Å². The molecule has 0 saturated heterocycles. The SMILES string of the molecule is CCC(=O)OC1C2C(=C(O)C3(O)CC(C(N)=O)=C(O)C(N(C)C)C13)C(=O)c1c(ccc(C(C)(C)C)c1O)C2C. The van der Waals surface area contributed by atoms with Gasteiger partial charge in [-0.2, -0.15) is 0 Å². The first-order valence-corrected chi connectivity index (χ1v) is 13.1. The van der Waals surface area contributed by atoms with Gasteiger partial charge in [0.1, 0.15) is 29.0 Å². The topological polar surface area (TPSA) is 171 Å². The van der Waals surface area contributed by atoms with Crippen molar-refractivity contribution in [3.8, 4) is 5.75 Å². The molecule has 4 rings (SSSR count). The lowest BCUT2D eigenvalue weighted by atomic mass is 9.55. The minimum atomic E-state index is -2.28. The summed E-state index contributed by atoms with van der Waals surface area (Å²) in [4.78, 5) is 40.7. The summed E-state index contributed by atoms with van der Waals surface area (Å²) in [6.45, 7) is 9.09. The lowest BCUT2D eigenvalue weighted by molar-refractivity contribution is -0.176. The van der Waals surface area contributed by atoms with Crippen LogP contribution in [-0.4, -0.2) is 74.8 Å². The number of benzene rings is 1. The molecule has 0 heterocycles. The Morgan fingerprint density at radius 2 is 1.79 bits per heavy atom. The summed E-state index contributed by atoms with van der Waals surface area (Å²) in [6, 6.07) is 2.44. The van der Waals surface area contributed by atoms with Gasteiger partial charge in [-0.1, -0.05) is 46.8 Å². The normalized spacial score (nSPS) is 30.6. The number of esters is 1. The number of hydrogen-bond donors (Lipinski definition) is 5. The number of aromatic hydroxyl groups is 1. The molecule has 1 aromatic carbocycles. The summed E-state index contributed by atoms with van der Waals surface area (Å²) in [5.41, 5.74) is 3.35. The zero-order valence-corrected chi connectivity index (χ0v) is 23.4. The number of primary amides is 1. The zero-order valence-electron chi connectivity index (χ0n) is 23.4. The molecule has 0 saturated carbocycles. The van der Waals surface area contributed by atoms with Gasteiger partial charge in [-0.3, -0.25) is 19.3 Å². The van der Waals surface area contributed by atoms with Gasteiger partial charge in [0.15, 0.2) is 5.78 Å². The van der Waals surface area contributed by atoms with Crippen molar-refractivity contribution in [2.24, 2.45) is 17.6 Å². The summed E-state index contributed by atoms with van der Waals surface area (Å²) >= 11 is 0. The monoisotopic (exact) mass is 542 g/mol. The van der Waals surface area contributed by atoms with Gasteiger partial charge in [-0.25, -0.2) is 0 Å². The molecule has 39 heavy (non-hydrogen) atoms. The Hall–Kier alpha value is -3.37. The van der Waals surface area contributed by atoms with E-state index in [0.29, 0.717) is 11.1 Å². The van der Waals surface area contributed by atoms with Crippen molar-refractivity contribution < 1.29 is 39.5 Å². The van der Waals surface area contributed by atoms with E-state index >= 15 is 0 Å². The van der Waals surface area contributed by atoms with Gasteiger partial charge < -0.3 is 30.9 Å². The Kier molecular flexibility index (Phi) is 6.88. The third-order valence-electron chi connectivity index (χ3n) is 8.56. The number of nitrogens with zero attached hydrogens (tertiary/aromatic N) is 1. The summed E-state index contributed by atoms with van der Waals surface area (Å²) in [6.07, 6.45) is -1.75.